The van der Waals surface area contributed by atoms with Gasteiger partial charge in [-0.3, -0.25) is 0 Å². The molecule has 2 rings (SSSR count). The summed E-state index contributed by atoms with van der Waals surface area (Å²) in [6.07, 6.45) is -4.36. The minimum atomic E-state index is -4.74. The van der Waals surface area contributed by atoms with Gasteiger partial charge in [0.05, 0.1) is 11.1 Å². The molecule has 1 aromatic rings. The number of alkyl halides is 5. The number of hydrogen-bond acceptors (Lipinski definition) is 3. The molecule has 0 unspecified atom stereocenters. The van der Waals surface area contributed by atoms with E-state index >= 15 is 0 Å². The van der Waals surface area contributed by atoms with Crippen molar-refractivity contribution in [2.75, 3.05) is 26.2 Å². The van der Waals surface area contributed by atoms with Gasteiger partial charge in [0.15, 0.2) is 0 Å². The fourth-order valence-electron chi connectivity index (χ4n) is 2.37. The summed E-state index contributed by atoms with van der Waals surface area (Å²) < 4.78 is 72.1. The van der Waals surface area contributed by atoms with Crippen LogP contribution in [0.3, 0.4) is 0 Å². The molecule has 1 fully saturated rings. The molecule has 0 aliphatic carbocycles. The molecule has 0 aromatic heterocycles. The standard InChI is InChI=1S/C15H17BrF5NO2/c16-12-10-11(24-15(19,20)21)2-3-13(12)23-9-1-6-22-7-4-14(17,18)5-8-22/h2-3,10H,1,4-9H2. The summed E-state index contributed by atoms with van der Waals surface area (Å²) in [5.74, 6) is -2.50. The quantitative estimate of drug-likeness (QED) is 0.487. The van der Waals surface area contributed by atoms with E-state index < -0.39 is 12.3 Å². The molecule has 0 saturated carbocycles. The molecule has 3 nitrogen and oxygen atoms in total. The van der Waals surface area contributed by atoms with Crippen molar-refractivity contribution in [2.24, 2.45) is 0 Å². The highest BCUT2D eigenvalue weighted by Crippen LogP contribution is 2.32. The lowest BCUT2D eigenvalue weighted by atomic mass is 10.1. The van der Waals surface area contributed by atoms with Crippen LogP contribution in [0.1, 0.15) is 19.3 Å². The molecule has 0 N–H and O–H groups in total. The Hall–Kier alpha value is -1.09. The molecule has 136 valence electrons. The number of piperidine rings is 1. The van der Waals surface area contributed by atoms with Crippen molar-refractivity contribution in [3.05, 3.63) is 22.7 Å². The third-order valence-electron chi connectivity index (χ3n) is 3.60. The Morgan fingerprint density at radius 2 is 1.83 bits per heavy atom. The van der Waals surface area contributed by atoms with E-state index in [4.69, 9.17) is 4.74 Å². The summed E-state index contributed by atoms with van der Waals surface area (Å²) in [6, 6.07) is 3.72. The first-order valence-corrected chi connectivity index (χ1v) is 8.22. The van der Waals surface area contributed by atoms with Crippen LogP contribution < -0.4 is 9.47 Å². The van der Waals surface area contributed by atoms with E-state index in [2.05, 4.69) is 20.7 Å². The van der Waals surface area contributed by atoms with Gasteiger partial charge in [0, 0.05) is 32.5 Å². The highest BCUT2D eigenvalue weighted by Gasteiger charge is 2.33. The minimum Gasteiger partial charge on any atom is -0.492 e. The predicted octanol–water partition coefficient (Wildman–Crippen LogP) is 4.85. The van der Waals surface area contributed by atoms with E-state index in [1.165, 1.54) is 18.2 Å². The Labute approximate surface area is 144 Å². The molecule has 9 heteroatoms. The van der Waals surface area contributed by atoms with Gasteiger partial charge in [-0.25, -0.2) is 8.78 Å². The summed E-state index contributed by atoms with van der Waals surface area (Å²) >= 11 is 3.13. The van der Waals surface area contributed by atoms with Gasteiger partial charge in [0.1, 0.15) is 11.5 Å². The zero-order valence-electron chi connectivity index (χ0n) is 12.7. The molecule has 0 atom stereocenters. The van der Waals surface area contributed by atoms with Crippen LogP contribution >= 0.6 is 15.9 Å². The van der Waals surface area contributed by atoms with Crippen LogP contribution in [-0.4, -0.2) is 43.4 Å². The second kappa shape index (κ2) is 7.86. The molecule has 0 amide bonds. The zero-order chi connectivity index (χ0) is 17.8. The zero-order valence-corrected chi connectivity index (χ0v) is 14.3. The van der Waals surface area contributed by atoms with Gasteiger partial charge in [-0.2, -0.15) is 0 Å². The van der Waals surface area contributed by atoms with E-state index in [0.29, 0.717) is 42.9 Å². The van der Waals surface area contributed by atoms with E-state index in [0.717, 1.165) is 0 Å². The molecule has 1 aliphatic heterocycles. The smallest absolute Gasteiger partial charge is 0.492 e. The second-order valence-electron chi connectivity index (χ2n) is 5.54. The Bertz CT molecular complexity index is 543. The van der Waals surface area contributed by atoms with Crippen molar-refractivity contribution in [1.29, 1.82) is 0 Å². The molecular formula is C15H17BrF5NO2. The van der Waals surface area contributed by atoms with E-state index in [1.54, 1.807) is 0 Å². The summed E-state index contributed by atoms with van der Waals surface area (Å²) in [7, 11) is 0. The summed E-state index contributed by atoms with van der Waals surface area (Å²) in [6.45, 7) is 1.70. The Kier molecular flexibility index (Phi) is 6.30. The highest BCUT2D eigenvalue weighted by molar-refractivity contribution is 9.10. The summed E-state index contributed by atoms with van der Waals surface area (Å²) in [5, 5.41) is 0. The Morgan fingerprint density at radius 3 is 2.42 bits per heavy atom. The SMILES string of the molecule is FC1(F)CCN(CCCOc2ccc(OC(F)(F)F)cc2Br)CC1. The molecule has 1 heterocycles. The van der Waals surface area contributed by atoms with Crippen LogP contribution in [0.25, 0.3) is 0 Å². The normalized spacial score (nSPS) is 18.4. The highest BCUT2D eigenvalue weighted by atomic mass is 79.9. The lowest BCUT2D eigenvalue weighted by Gasteiger charge is -2.31. The fraction of sp³-hybridized carbons (Fsp3) is 0.600. The number of benzene rings is 1. The van der Waals surface area contributed by atoms with Crippen LogP contribution in [-0.2, 0) is 0 Å². The lowest BCUT2D eigenvalue weighted by molar-refractivity contribution is -0.274. The monoisotopic (exact) mass is 417 g/mol. The third kappa shape index (κ3) is 6.43. The van der Waals surface area contributed by atoms with Crippen LogP contribution in [0, 0.1) is 0 Å². The van der Waals surface area contributed by atoms with Gasteiger partial charge in [-0.15, -0.1) is 13.2 Å². The van der Waals surface area contributed by atoms with Crippen molar-refractivity contribution >= 4 is 15.9 Å². The van der Waals surface area contributed by atoms with E-state index in [9.17, 15) is 22.0 Å². The summed E-state index contributed by atoms with van der Waals surface area (Å²) in [4.78, 5) is 1.95. The van der Waals surface area contributed by atoms with Crippen molar-refractivity contribution in [3.63, 3.8) is 0 Å². The van der Waals surface area contributed by atoms with Crippen LogP contribution in [0.15, 0.2) is 22.7 Å². The molecule has 0 spiro atoms. The first kappa shape index (κ1) is 19.2. The number of likely N-dealkylation sites (tertiary alicyclic amines) is 1. The largest absolute Gasteiger partial charge is 0.573 e. The average molecular weight is 418 g/mol. The van der Waals surface area contributed by atoms with Crippen molar-refractivity contribution < 1.29 is 31.4 Å². The van der Waals surface area contributed by atoms with Gasteiger partial charge in [-0.05, 0) is 40.5 Å². The second-order valence-corrected chi connectivity index (χ2v) is 6.39. The first-order chi connectivity index (χ1) is 11.1. The number of hydrogen-bond donors (Lipinski definition) is 0. The van der Waals surface area contributed by atoms with E-state index in [1.807, 2.05) is 4.90 Å². The van der Waals surface area contributed by atoms with Gasteiger partial charge in [-0.1, -0.05) is 0 Å². The van der Waals surface area contributed by atoms with Crippen LogP contribution in [0.4, 0.5) is 22.0 Å². The maximum absolute atomic E-state index is 13.0. The van der Waals surface area contributed by atoms with E-state index in [-0.39, 0.29) is 18.6 Å². The van der Waals surface area contributed by atoms with Crippen molar-refractivity contribution in [3.8, 4) is 11.5 Å². The van der Waals surface area contributed by atoms with Gasteiger partial charge in [0.2, 0.25) is 0 Å². The van der Waals surface area contributed by atoms with Crippen LogP contribution in [0.2, 0.25) is 0 Å². The Morgan fingerprint density at radius 1 is 1.17 bits per heavy atom. The number of halogens is 6. The van der Waals surface area contributed by atoms with Gasteiger partial charge >= 0.3 is 6.36 Å². The van der Waals surface area contributed by atoms with Gasteiger partial charge in [0.25, 0.3) is 5.92 Å². The fourth-order valence-corrected chi connectivity index (χ4v) is 2.84. The average Bonchev–Trinajstić information content (AvgIpc) is 2.45. The molecule has 24 heavy (non-hydrogen) atoms. The molecular weight excluding hydrogens is 401 g/mol. The molecule has 1 saturated heterocycles. The maximum Gasteiger partial charge on any atom is 0.573 e. The number of nitrogens with zero attached hydrogens (tertiary/aromatic N) is 1. The first-order valence-electron chi connectivity index (χ1n) is 7.43. The van der Waals surface area contributed by atoms with Crippen LogP contribution in [0.5, 0.6) is 11.5 Å². The maximum atomic E-state index is 13.0. The van der Waals surface area contributed by atoms with Crippen molar-refractivity contribution in [1.82, 2.24) is 4.90 Å². The van der Waals surface area contributed by atoms with Crippen molar-refractivity contribution in [2.45, 2.75) is 31.5 Å². The molecule has 1 aromatic carbocycles. The predicted molar refractivity (Wildman–Crippen MR) is 81.6 cm³/mol. The minimum absolute atomic E-state index is 0.125. The molecule has 0 radical (unpaired) electrons. The molecule has 1 aliphatic rings. The molecule has 0 bridgehead atoms. The van der Waals surface area contributed by atoms with Gasteiger partial charge < -0.3 is 14.4 Å². The third-order valence-corrected chi connectivity index (χ3v) is 4.22. The number of ether oxygens (including phenoxy) is 2. The topological polar surface area (TPSA) is 21.7 Å². The summed E-state index contributed by atoms with van der Waals surface area (Å²) in [5.41, 5.74) is 0. The number of rotatable bonds is 6. The Balaban J connectivity index is 1.73. The lowest BCUT2D eigenvalue weighted by Crippen LogP contribution is -2.40.